The largest absolute Gasteiger partial charge is 0.354 e. The first-order chi connectivity index (χ1) is 19.1. The lowest BCUT2D eigenvalue weighted by atomic mass is 10.1. The number of aryl methyl sites for hydroxylation is 1. The third-order valence-corrected chi connectivity index (χ3v) is 8.80. The van der Waals surface area contributed by atoms with Crippen molar-refractivity contribution < 1.29 is 18.0 Å². The molecule has 3 aromatic carbocycles. The van der Waals surface area contributed by atoms with Gasteiger partial charge in [-0.2, -0.15) is 0 Å². The molecule has 0 aliphatic carbocycles. The van der Waals surface area contributed by atoms with E-state index in [-0.39, 0.29) is 33.1 Å². The van der Waals surface area contributed by atoms with Crippen LogP contribution < -0.4 is 9.62 Å². The number of nitrogens with zero attached hydrogens (tertiary/aromatic N) is 2. The molecule has 0 saturated carbocycles. The predicted octanol–water partition coefficient (Wildman–Crippen LogP) is 6.22. The van der Waals surface area contributed by atoms with E-state index in [0.29, 0.717) is 13.0 Å². The summed E-state index contributed by atoms with van der Waals surface area (Å²) < 4.78 is 28.7. The number of rotatable bonds is 13. The van der Waals surface area contributed by atoms with Gasteiger partial charge >= 0.3 is 0 Å². The second-order valence-electron chi connectivity index (χ2n) is 9.50. The fraction of sp³-hybridized carbons (Fsp3) is 0.333. The van der Waals surface area contributed by atoms with Crippen LogP contribution in [0.4, 0.5) is 5.69 Å². The van der Waals surface area contributed by atoms with Crippen molar-refractivity contribution in [1.82, 2.24) is 10.2 Å². The molecule has 0 spiro atoms. The van der Waals surface area contributed by atoms with E-state index >= 15 is 0 Å². The summed E-state index contributed by atoms with van der Waals surface area (Å²) in [6, 6.07) is 19.1. The average molecular weight is 605 g/mol. The maximum absolute atomic E-state index is 14.1. The van der Waals surface area contributed by atoms with Crippen LogP contribution in [0.25, 0.3) is 0 Å². The fourth-order valence-corrected chi connectivity index (χ4v) is 6.11. The highest BCUT2D eigenvalue weighted by atomic mass is 35.5. The molecule has 0 aliphatic rings. The smallest absolute Gasteiger partial charge is 0.264 e. The molecule has 0 radical (unpaired) electrons. The van der Waals surface area contributed by atoms with Crippen molar-refractivity contribution in [3.8, 4) is 0 Å². The molecule has 214 valence electrons. The van der Waals surface area contributed by atoms with Gasteiger partial charge in [0.25, 0.3) is 10.0 Å². The van der Waals surface area contributed by atoms with Gasteiger partial charge in [-0.25, -0.2) is 8.42 Å². The Balaban J connectivity index is 2.06. The summed E-state index contributed by atoms with van der Waals surface area (Å²) in [5.41, 5.74) is 1.95. The zero-order chi connectivity index (χ0) is 29.3. The van der Waals surface area contributed by atoms with Crippen LogP contribution in [-0.2, 0) is 26.2 Å². The molecule has 10 heteroatoms. The number of anilines is 1. The van der Waals surface area contributed by atoms with Crippen molar-refractivity contribution in [2.24, 2.45) is 0 Å². The molecule has 0 fully saturated rings. The molecule has 1 atom stereocenters. The van der Waals surface area contributed by atoms with Crippen LogP contribution >= 0.6 is 23.2 Å². The Labute approximate surface area is 247 Å². The summed E-state index contributed by atoms with van der Waals surface area (Å²) in [5.74, 6) is -0.830. The summed E-state index contributed by atoms with van der Waals surface area (Å²) in [5, 5.41) is 3.30. The molecule has 7 nitrogen and oxygen atoms in total. The molecule has 0 aromatic heterocycles. The lowest BCUT2D eigenvalue weighted by Gasteiger charge is -2.33. The molecular formula is C30H35Cl2N3O4S. The molecule has 0 unspecified atom stereocenters. The van der Waals surface area contributed by atoms with E-state index in [1.807, 2.05) is 45.0 Å². The van der Waals surface area contributed by atoms with Gasteiger partial charge in [-0.3, -0.25) is 13.9 Å². The number of sulfonamides is 1. The number of carbonyl (C=O) groups excluding carboxylic acids is 2. The van der Waals surface area contributed by atoms with Gasteiger partial charge in [0.15, 0.2) is 0 Å². The van der Waals surface area contributed by atoms with Gasteiger partial charge in [0, 0.05) is 18.1 Å². The number of amides is 2. The molecule has 2 amide bonds. The number of carbonyl (C=O) groups is 2. The molecule has 0 aliphatic heterocycles. The fourth-order valence-electron chi connectivity index (χ4n) is 4.23. The minimum Gasteiger partial charge on any atom is -0.354 e. The molecule has 40 heavy (non-hydrogen) atoms. The van der Waals surface area contributed by atoms with Crippen LogP contribution in [0.1, 0.15) is 44.2 Å². The van der Waals surface area contributed by atoms with E-state index in [1.165, 1.54) is 29.2 Å². The zero-order valence-electron chi connectivity index (χ0n) is 22.9. The zero-order valence-corrected chi connectivity index (χ0v) is 25.3. The number of benzene rings is 3. The van der Waals surface area contributed by atoms with Crippen LogP contribution in [0, 0.1) is 6.92 Å². The van der Waals surface area contributed by atoms with Crippen molar-refractivity contribution in [2.45, 2.75) is 57.5 Å². The van der Waals surface area contributed by atoms with Crippen LogP contribution in [-0.4, -0.2) is 44.3 Å². The van der Waals surface area contributed by atoms with Crippen molar-refractivity contribution >= 4 is 50.7 Å². The Morgan fingerprint density at radius 3 is 2.25 bits per heavy atom. The van der Waals surface area contributed by atoms with E-state index in [1.54, 1.807) is 24.3 Å². The van der Waals surface area contributed by atoms with Gasteiger partial charge < -0.3 is 10.2 Å². The molecule has 1 N–H and O–H groups in total. The van der Waals surface area contributed by atoms with Crippen LogP contribution in [0.2, 0.25) is 10.0 Å². The number of halogens is 2. The number of unbranched alkanes of at least 4 members (excludes halogenated alkanes) is 1. The summed E-state index contributed by atoms with van der Waals surface area (Å²) in [4.78, 5) is 28.7. The quantitative estimate of drug-likeness (QED) is 0.235. The third kappa shape index (κ3) is 7.99. The van der Waals surface area contributed by atoms with Gasteiger partial charge in [0.05, 0.1) is 15.6 Å². The van der Waals surface area contributed by atoms with Crippen LogP contribution in [0.5, 0.6) is 0 Å². The van der Waals surface area contributed by atoms with Gasteiger partial charge in [0.1, 0.15) is 12.6 Å². The Kier molecular flexibility index (Phi) is 11.4. The van der Waals surface area contributed by atoms with Crippen molar-refractivity contribution in [3.63, 3.8) is 0 Å². The second kappa shape index (κ2) is 14.5. The maximum Gasteiger partial charge on any atom is 0.264 e. The Hall–Kier alpha value is -3.07. The highest BCUT2D eigenvalue weighted by Gasteiger charge is 2.34. The molecule has 0 saturated heterocycles. The summed E-state index contributed by atoms with van der Waals surface area (Å²) in [6.45, 7) is 5.85. The van der Waals surface area contributed by atoms with Gasteiger partial charge in [0.2, 0.25) is 11.8 Å². The van der Waals surface area contributed by atoms with Crippen molar-refractivity contribution in [3.05, 3.63) is 94.0 Å². The first-order valence-corrected chi connectivity index (χ1v) is 15.4. The SMILES string of the molecule is CCCCNC(=O)[C@@H](CC)N(Cc1ccc(C)cc1)C(=O)CN(c1cc(Cl)ccc1Cl)S(=O)(=O)c1ccccc1. The number of nitrogens with one attached hydrogen (secondary N) is 1. The minimum atomic E-state index is -4.23. The Morgan fingerprint density at radius 2 is 1.62 bits per heavy atom. The lowest BCUT2D eigenvalue weighted by molar-refractivity contribution is -0.140. The minimum absolute atomic E-state index is 0.00623. The van der Waals surface area contributed by atoms with E-state index in [9.17, 15) is 18.0 Å². The normalized spacial score (nSPS) is 12.0. The van der Waals surface area contributed by atoms with E-state index < -0.39 is 28.5 Å². The first kappa shape index (κ1) is 31.5. The monoisotopic (exact) mass is 603 g/mol. The van der Waals surface area contributed by atoms with Gasteiger partial charge in [-0.05, 0) is 55.7 Å². The molecule has 3 rings (SSSR count). The Morgan fingerprint density at radius 1 is 0.950 bits per heavy atom. The average Bonchev–Trinajstić information content (AvgIpc) is 2.94. The number of hydrogen-bond acceptors (Lipinski definition) is 4. The Bertz CT molecular complexity index is 1400. The standard InChI is InChI=1S/C30H35Cl2N3O4S/c1-4-6-18-33-30(37)27(5-2)34(20-23-14-12-22(3)13-15-23)29(36)21-35(28-19-24(31)16-17-26(28)32)40(38,39)25-10-8-7-9-11-25/h7-17,19,27H,4-6,18,20-21H2,1-3H3,(H,33,37)/t27-/m1/s1. The van der Waals surface area contributed by atoms with E-state index in [0.717, 1.165) is 28.3 Å². The molecular weight excluding hydrogens is 569 g/mol. The predicted molar refractivity (Wildman–Crippen MR) is 161 cm³/mol. The molecule has 0 heterocycles. The second-order valence-corrected chi connectivity index (χ2v) is 12.2. The number of hydrogen-bond donors (Lipinski definition) is 1. The lowest BCUT2D eigenvalue weighted by Crippen LogP contribution is -2.52. The summed E-state index contributed by atoms with van der Waals surface area (Å²) >= 11 is 12.7. The summed E-state index contributed by atoms with van der Waals surface area (Å²) in [6.07, 6.45) is 2.07. The highest BCUT2D eigenvalue weighted by Crippen LogP contribution is 2.33. The molecule has 0 bridgehead atoms. The highest BCUT2D eigenvalue weighted by molar-refractivity contribution is 7.92. The maximum atomic E-state index is 14.1. The van der Waals surface area contributed by atoms with Gasteiger partial charge in [-0.15, -0.1) is 0 Å². The van der Waals surface area contributed by atoms with Crippen LogP contribution in [0.3, 0.4) is 0 Å². The van der Waals surface area contributed by atoms with Gasteiger partial charge in [-0.1, -0.05) is 91.5 Å². The van der Waals surface area contributed by atoms with Crippen LogP contribution in [0.15, 0.2) is 77.7 Å². The third-order valence-electron chi connectivity index (χ3n) is 6.48. The topological polar surface area (TPSA) is 86.8 Å². The summed E-state index contributed by atoms with van der Waals surface area (Å²) in [7, 11) is -4.23. The molecule has 3 aromatic rings. The first-order valence-electron chi connectivity index (χ1n) is 13.2. The van der Waals surface area contributed by atoms with Crippen molar-refractivity contribution in [1.29, 1.82) is 0 Å². The van der Waals surface area contributed by atoms with E-state index in [2.05, 4.69) is 5.32 Å². The van der Waals surface area contributed by atoms with E-state index in [4.69, 9.17) is 23.2 Å². The van der Waals surface area contributed by atoms with Crippen molar-refractivity contribution in [2.75, 3.05) is 17.4 Å².